The molecule has 1 aromatic heterocycles. The molecule has 2 aromatic rings. The fourth-order valence-corrected chi connectivity index (χ4v) is 5.34. The van der Waals surface area contributed by atoms with Crippen molar-refractivity contribution >= 4 is 33.3 Å². The highest BCUT2D eigenvalue weighted by Crippen LogP contribution is 2.35. The third-order valence-electron chi connectivity index (χ3n) is 4.93. The summed E-state index contributed by atoms with van der Waals surface area (Å²) in [7, 11) is -0.898. The summed E-state index contributed by atoms with van der Waals surface area (Å²) in [6.07, 6.45) is 4.89. The number of nitrogens with zero attached hydrogens (tertiary/aromatic N) is 1. The minimum atomic E-state index is -3.67. The number of hydrogen-bond donors (Lipinski definition) is 1. The highest BCUT2D eigenvalue weighted by atomic mass is 32.2. The van der Waals surface area contributed by atoms with Gasteiger partial charge in [-0.3, -0.25) is 4.79 Å². The number of hydrogen-bond acceptors (Lipinski definition) is 5. The van der Waals surface area contributed by atoms with Crippen LogP contribution in [0.4, 0.5) is 0 Å². The van der Waals surface area contributed by atoms with E-state index in [4.69, 9.17) is 4.74 Å². The van der Waals surface area contributed by atoms with E-state index >= 15 is 0 Å². The number of methoxy groups -OCH3 is 1. The van der Waals surface area contributed by atoms with Crippen molar-refractivity contribution < 1.29 is 17.9 Å². The maximum atomic E-state index is 12.8. The van der Waals surface area contributed by atoms with Crippen molar-refractivity contribution in [1.82, 2.24) is 9.62 Å². The Morgan fingerprint density at radius 1 is 1.39 bits per heavy atom. The number of thiophene rings is 1. The van der Waals surface area contributed by atoms with E-state index in [0.717, 1.165) is 12.8 Å². The van der Waals surface area contributed by atoms with Crippen molar-refractivity contribution in [3.05, 3.63) is 51.7 Å². The Balaban J connectivity index is 1.84. The molecule has 3 rings (SSSR count). The lowest BCUT2D eigenvalue weighted by Crippen LogP contribution is -2.38. The van der Waals surface area contributed by atoms with Gasteiger partial charge in [-0.15, -0.1) is 11.3 Å². The second-order valence-electron chi connectivity index (χ2n) is 6.46. The van der Waals surface area contributed by atoms with Crippen LogP contribution >= 0.6 is 11.3 Å². The average Bonchev–Trinajstić information content (AvgIpc) is 3.19. The zero-order chi connectivity index (χ0) is 20.3. The number of fused-ring (bicyclic) bond motifs is 1. The Labute approximate surface area is 169 Å². The van der Waals surface area contributed by atoms with Gasteiger partial charge in [0.25, 0.3) is 0 Å². The van der Waals surface area contributed by atoms with Crippen LogP contribution in [0.2, 0.25) is 0 Å². The molecule has 0 saturated heterocycles. The van der Waals surface area contributed by atoms with Crippen LogP contribution in [0.3, 0.4) is 0 Å². The molecule has 1 amide bonds. The SMILES string of the molecule is CCC1c2ccsc2CCN1C(=O)/C=C/c1ccc(OC)c(S(=O)(=O)NC)c1. The second kappa shape index (κ2) is 8.46. The molecule has 8 heteroatoms. The van der Waals surface area contributed by atoms with E-state index in [1.54, 1.807) is 29.5 Å². The maximum Gasteiger partial charge on any atom is 0.247 e. The van der Waals surface area contributed by atoms with E-state index in [9.17, 15) is 13.2 Å². The molecule has 0 fully saturated rings. The highest BCUT2D eigenvalue weighted by Gasteiger charge is 2.29. The number of ether oxygens (including phenoxy) is 1. The Hall–Kier alpha value is -2.16. The molecule has 1 atom stereocenters. The third kappa shape index (κ3) is 3.99. The highest BCUT2D eigenvalue weighted by molar-refractivity contribution is 7.89. The number of amides is 1. The zero-order valence-corrected chi connectivity index (χ0v) is 17.8. The summed E-state index contributed by atoms with van der Waals surface area (Å²) < 4.78 is 31.8. The van der Waals surface area contributed by atoms with Gasteiger partial charge in [0, 0.05) is 17.5 Å². The van der Waals surface area contributed by atoms with Crippen molar-refractivity contribution in [2.45, 2.75) is 30.7 Å². The predicted molar refractivity (Wildman–Crippen MR) is 111 cm³/mol. The van der Waals surface area contributed by atoms with Crippen molar-refractivity contribution in [3.8, 4) is 5.75 Å². The minimum absolute atomic E-state index is 0.0411. The van der Waals surface area contributed by atoms with Gasteiger partial charge in [0.15, 0.2) is 0 Å². The molecular formula is C20H24N2O4S2. The lowest BCUT2D eigenvalue weighted by Gasteiger charge is -2.34. The van der Waals surface area contributed by atoms with Crippen LogP contribution in [0, 0.1) is 0 Å². The van der Waals surface area contributed by atoms with Crippen LogP contribution in [0.5, 0.6) is 5.75 Å². The van der Waals surface area contributed by atoms with Crippen LogP contribution in [-0.2, 0) is 21.2 Å². The van der Waals surface area contributed by atoms with Gasteiger partial charge in [0.1, 0.15) is 10.6 Å². The van der Waals surface area contributed by atoms with Gasteiger partial charge in [-0.2, -0.15) is 0 Å². The fourth-order valence-electron chi connectivity index (χ4n) is 3.48. The maximum absolute atomic E-state index is 12.8. The summed E-state index contributed by atoms with van der Waals surface area (Å²) in [6, 6.07) is 7.00. The predicted octanol–water partition coefficient (Wildman–Crippen LogP) is 3.21. The van der Waals surface area contributed by atoms with Crippen molar-refractivity contribution in [3.63, 3.8) is 0 Å². The number of carbonyl (C=O) groups is 1. The van der Waals surface area contributed by atoms with Gasteiger partial charge in [-0.25, -0.2) is 13.1 Å². The number of rotatable bonds is 6. The quantitative estimate of drug-likeness (QED) is 0.728. The van der Waals surface area contributed by atoms with Gasteiger partial charge in [-0.05, 0) is 60.7 Å². The molecule has 0 aliphatic carbocycles. The Morgan fingerprint density at radius 2 is 2.18 bits per heavy atom. The first kappa shape index (κ1) is 20.6. The molecule has 6 nitrogen and oxygen atoms in total. The first-order chi connectivity index (χ1) is 13.4. The van der Waals surface area contributed by atoms with Gasteiger partial charge in [0.05, 0.1) is 13.2 Å². The van der Waals surface area contributed by atoms with Gasteiger partial charge >= 0.3 is 0 Å². The summed E-state index contributed by atoms with van der Waals surface area (Å²) in [5.41, 5.74) is 1.86. The molecule has 1 aromatic carbocycles. The van der Waals surface area contributed by atoms with Crippen molar-refractivity contribution in [2.75, 3.05) is 20.7 Å². The van der Waals surface area contributed by atoms with Crippen LogP contribution in [-0.4, -0.2) is 39.9 Å². The zero-order valence-electron chi connectivity index (χ0n) is 16.1. The molecule has 0 bridgehead atoms. The first-order valence-corrected chi connectivity index (χ1v) is 11.4. The Bertz CT molecular complexity index is 995. The van der Waals surface area contributed by atoms with Crippen LogP contribution < -0.4 is 9.46 Å². The number of carbonyl (C=O) groups excluding carboxylic acids is 1. The number of nitrogens with one attached hydrogen (secondary N) is 1. The molecule has 1 aliphatic heterocycles. The molecule has 28 heavy (non-hydrogen) atoms. The van der Waals surface area contributed by atoms with Gasteiger partial charge in [0.2, 0.25) is 15.9 Å². The number of sulfonamides is 1. The normalized spacial score (nSPS) is 17.0. The molecule has 2 heterocycles. The molecule has 150 valence electrons. The van der Waals surface area contributed by atoms with Crippen LogP contribution in [0.1, 0.15) is 35.4 Å². The lowest BCUT2D eigenvalue weighted by atomic mass is 9.97. The van der Waals surface area contributed by atoms with Gasteiger partial charge < -0.3 is 9.64 Å². The second-order valence-corrected chi connectivity index (χ2v) is 9.31. The monoisotopic (exact) mass is 420 g/mol. The Kier molecular flexibility index (Phi) is 6.22. The molecular weight excluding hydrogens is 396 g/mol. The van der Waals surface area contributed by atoms with Crippen LogP contribution in [0.25, 0.3) is 6.08 Å². The van der Waals surface area contributed by atoms with E-state index < -0.39 is 10.0 Å². The smallest absolute Gasteiger partial charge is 0.247 e. The summed E-state index contributed by atoms with van der Waals surface area (Å²) in [4.78, 5) is 16.1. The fraction of sp³-hybridized carbons (Fsp3) is 0.350. The van der Waals surface area contributed by atoms with E-state index in [0.29, 0.717) is 12.1 Å². The third-order valence-corrected chi connectivity index (χ3v) is 7.36. The molecule has 0 saturated carbocycles. The molecule has 1 unspecified atom stereocenters. The summed E-state index contributed by atoms with van der Waals surface area (Å²) in [6.45, 7) is 2.77. The van der Waals surface area contributed by atoms with Gasteiger partial charge in [-0.1, -0.05) is 13.0 Å². The largest absolute Gasteiger partial charge is 0.495 e. The topological polar surface area (TPSA) is 75.7 Å². The molecule has 0 radical (unpaired) electrons. The standard InChI is InChI=1S/C20H24N2O4S2/c1-4-16-15-10-12-27-18(15)9-11-22(16)20(23)8-6-14-5-7-17(26-3)19(13-14)28(24,25)21-2/h5-8,10,12-13,16,21H,4,9,11H2,1-3H3/b8-6+. The van der Waals surface area contributed by atoms with Crippen molar-refractivity contribution in [2.24, 2.45) is 0 Å². The summed E-state index contributed by atoms with van der Waals surface area (Å²) in [5.74, 6) is 0.183. The summed E-state index contributed by atoms with van der Waals surface area (Å²) >= 11 is 1.75. The van der Waals surface area contributed by atoms with Crippen LogP contribution in [0.15, 0.2) is 40.6 Å². The average molecular weight is 421 g/mol. The van der Waals surface area contributed by atoms with E-state index in [1.807, 2.05) is 4.90 Å². The van der Waals surface area contributed by atoms with Crippen molar-refractivity contribution in [1.29, 1.82) is 0 Å². The first-order valence-electron chi connectivity index (χ1n) is 9.07. The Morgan fingerprint density at radius 3 is 2.86 bits per heavy atom. The summed E-state index contributed by atoms with van der Waals surface area (Å²) in [5, 5.41) is 2.08. The van der Waals surface area contributed by atoms with E-state index in [2.05, 4.69) is 23.1 Å². The molecule has 1 N–H and O–H groups in total. The van der Waals surface area contributed by atoms with E-state index in [1.165, 1.54) is 36.7 Å². The lowest BCUT2D eigenvalue weighted by molar-refractivity contribution is -0.128. The number of benzene rings is 1. The minimum Gasteiger partial charge on any atom is -0.495 e. The van der Waals surface area contributed by atoms with E-state index in [-0.39, 0.29) is 22.6 Å². The molecule has 0 spiro atoms. The molecule has 1 aliphatic rings.